The first-order valence-electron chi connectivity index (χ1n) is 6.48. The van der Waals surface area contributed by atoms with Crippen molar-refractivity contribution in [2.45, 2.75) is 19.6 Å². The standard InChI is InChI=1S/C15H15F3N2O/c1-2-21-14-8-7-13(10-20-14)19-9-11-3-5-12(6-4-11)15(16,17)18/h3-8,10,19H,2,9H2,1H3. The van der Waals surface area contributed by atoms with Gasteiger partial charge in [0.15, 0.2) is 0 Å². The van der Waals surface area contributed by atoms with E-state index >= 15 is 0 Å². The topological polar surface area (TPSA) is 34.1 Å². The number of rotatable bonds is 5. The van der Waals surface area contributed by atoms with Crippen LogP contribution in [0.5, 0.6) is 5.88 Å². The van der Waals surface area contributed by atoms with Crippen LogP contribution in [-0.4, -0.2) is 11.6 Å². The molecular formula is C15H15F3N2O. The van der Waals surface area contributed by atoms with Crippen LogP contribution in [0, 0.1) is 0 Å². The summed E-state index contributed by atoms with van der Waals surface area (Å²) >= 11 is 0. The number of hydrogen-bond acceptors (Lipinski definition) is 3. The molecule has 1 aromatic carbocycles. The van der Waals surface area contributed by atoms with Crippen LogP contribution in [0.2, 0.25) is 0 Å². The second-order valence-electron chi connectivity index (χ2n) is 4.37. The van der Waals surface area contributed by atoms with Crippen LogP contribution in [0.25, 0.3) is 0 Å². The number of ether oxygens (including phenoxy) is 1. The van der Waals surface area contributed by atoms with Crippen LogP contribution in [0.4, 0.5) is 18.9 Å². The highest BCUT2D eigenvalue weighted by molar-refractivity contribution is 5.43. The van der Waals surface area contributed by atoms with Gasteiger partial charge in [-0.25, -0.2) is 4.98 Å². The zero-order valence-electron chi connectivity index (χ0n) is 11.4. The van der Waals surface area contributed by atoms with Gasteiger partial charge in [0.25, 0.3) is 0 Å². The average molecular weight is 296 g/mol. The molecule has 3 nitrogen and oxygen atoms in total. The number of anilines is 1. The van der Waals surface area contributed by atoms with Crippen LogP contribution >= 0.6 is 0 Å². The minimum atomic E-state index is -4.30. The van der Waals surface area contributed by atoms with Gasteiger partial charge in [0.2, 0.25) is 5.88 Å². The Kier molecular flexibility index (Phi) is 4.67. The molecule has 0 amide bonds. The minimum Gasteiger partial charge on any atom is -0.478 e. The van der Waals surface area contributed by atoms with Gasteiger partial charge in [-0.2, -0.15) is 13.2 Å². The lowest BCUT2D eigenvalue weighted by Crippen LogP contribution is -2.05. The van der Waals surface area contributed by atoms with Crippen molar-refractivity contribution >= 4 is 5.69 Å². The molecule has 0 aliphatic carbocycles. The van der Waals surface area contributed by atoms with Crippen molar-refractivity contribution in [2.75, 3.05) is 11.9 Å². The second kappa shape index (κ2) is 6.47. The molecule has 1 heterocycles. The Morgan fingerprint density at radius 1 is 1.10 bits per heavy atom. The van der Waals surface area contributed by atoms with Crippen molar-refractivity contribution in [1.82, 2.24) is 4.98 Å². The Bertz CT molecular complexity index is 565. The van der Waals surface area contributed by atoms with Gasteiger partial charge >= 0.3 is 6.18 Å². The molecule has 0 fully saturated rings. The quantitative estimate of drug-likeness (QED) is 0.901. The van der Waals surface area contributed by atoms with Gasteiger partial charge in [-0.1, -0.05) is 12.1 Å². The van der Waals surface area contributed by atoms with Crippen LogP contribution in [0.3, 0.4) is 0 Å². The molecule has 21 heavy (non-hydrogen) atoms. The smallest absolute Gasteiger partial charge is 0.416 e. The fourth-order valence-electron chi connectivity index (χ4n) is 1.73. The van der Waals surface area contributed by atoms with E-state index in [2.05, 4.69) is 10.3 Å². The summed E-state index contributed by atoms with van der Waals surface area (Å²) in [7, 11) is 0. The number of hydrogen-bond donors (Lipinski definition) is 1. The third-order valence-corrected chi connectivity index (χ3v) is 2.81. The highest BCUT2D eigenvalue weighted by Crippen LogP contribution is 2.29. The molecule has 0 radical (unpaired) electrons. The molecule has 0 spiro atoms. The van der Waals surface area contributed by atoms with E-state index in [9.17, 15) is 13.2 Å². The third-order valence-electron chi connectivity index (χ3n) is 2.81. The highest BCUT2D eigenvalue weighted by Gasteiger charge is 2.29. The van der Waals surface area contributed by atoms with E-state index in [1.54, 1.807) is 12.3 Å². The largest absolute Gasteiger partial charge is 0.478 e. The Balaban J connectivity index is 1.93. The van der Waals surface area contributed by atoms with Gasteiger partial charge in [-0.3, -0.25) is 0 Å². The summed E-state index contributed by atoms with van der Waals surface area (Å²) in [5, 5.41) is 3.09. The molecule has 2 aromatic rings. The summed E-state index contributed by atoms with van der Waals surface area (Å²) in [6.07, 6.45) is -2.68. The van der Waals surface area contributed by atoms with Crippen molar-refractivity contribution in [3.05, 3.63) is 53.7 Å². The predicted octanol–water partition coefficient (Wildman–Crippen LogP) is 4.11. The summed E-state index contributed by atoms with van der Waals surface area (Å²) in [6, 6.07) is 8.61. The first-order chi connectivity index (χ1) is 9.99. The summed E-state index contributed by atoms with van der Waals surface area (Å²) in [4.78, 5) is 4.09. The fourth-order valence-corrected chi connectivity index (χ4v) is 1.73. The number of benzene rings is 1. The Hall–Kier alpha value is -2.24. The van der Waals surface area contributed by atoms with Crippen LogP contribution < -0.4 is 10.1 Å². The summed E-state index contributed by atoms with van der Waals surface area (Å²) < 4.78 is 42.5. The summed E-state index contributed by atoms with van der Waals surface area (Å²) in [5.74, 6) is 0.539. The third kappa shape index (κ3) is 4.37. The van der Waals surface area contributed by atoms with E-state index in [1.807, 2.05) is 13.0 Å². The van der Waals surface area contributed by atoms with E-state index in [1.165, 1.54) is 12.1 Å². The molecular weight excluding hydrogens is 281 g/mol. The van der Waals surface area contributed by atoms with E-state index < -0.39 is 11.7 Å². The van der Waals surface area contributed by atoms with E-state index in [0.29, 0.717) is 19.0 Å². The Morgan fingerprint density at radius 2 is 1.81 bits per heavy atom. The summed E-state index contributed by atoms with van der Waals surface area (Å²) in [6.45, 7) is 2.84. The Morgan fingerprint density at radius 3 is 2.33 bits per heavy atom. The molecule has 0 saturated carbocycles. The van der Waals surface area contributed by atoms with Gasteiger partial charge in [0.1, 0.15) is 0 Å². The molecule has 1 aromatic heterocycles. The zero-order chi connectivity index (χ0) is 15.3. The van der Waals surface area contributed by atoms with E-state index in [4.69, 9.17) is 4.74 Å². The number of halogens is 3. The average Bonchev–Trinajstić information content (AvgIpc) is 2.46. The first-order valence-corrected chi connectivity index (χ1v) is 6.48. The lowest BCUT2D eigenvalue weighted by atomic mass is 10.1. The van der Waals surface area contributed by atoms with Crippen LogP contribution in [-0.2, 0) is 12.7 Å². The normalized spacial score (nSPS) is 11.2. The van der Waals surface area contributed by atoms with Gasteiger partial charge in [0.05, 0.1) is 24.1 Å². The molecule has 2 rings (SSSR count). The molecule has 0 aliphatic heterocycles. The fraction of sp³-hybridized carbons (Fsp3) is 0.267. The first kappa shape index (κ1) is 15.2. The molecule has 0 unspecified atom stereocenters. The monoisotopic (exact) mass is 296 g/mol. The Labute approximate surface area is 120 Å². The number of nitrogens with one attached hydrogen (secondary N) is 1. The lowest BCUT2D eigenvalue weighted by molar-refractivity contribution is -0.137. The van der Waals surface area contributed by atoms with E-state index in [-0.39, 0.29) is 0 Å². The number of aromatic nitrogens is 1. The number of nitrogens with zero attached hydrogens (tertiary/aromatic N) is 1. The molecule has 112 valence electrons. The van der Waals surface area contributed by atoms with Crippen molar-refractivity contribution in [3.63, 3.8) is 0 Å². The van der Waals surface area contributed by atoms with Crippen LogP contribution in [0.1, 0.15) is 18.1 Å². The SMILES string of the molecule is CCOc1ccc(NCc2ccc(C(F)(F)F)cc2)cn1. The lowest BCUT2D eigenvalue weighted by Gasteiger charge is -2.09. The molecule has 0 aliphatic rings. The maximum atomic E-state index is 12.4. The molecule has 0 saturated heterocycles. The maximum Gasteiger partial charge on any atom is 0.416 e. The number of pyridine rings is 1. The van der Waals surface area contributed by atoms with Gasteiger partial charge < -0.3 is 10.1 Å². The van der Waals surface area contributed by atoms with Crippen molar-refractivity contribution < 1.29 is 17.9 Å². The highest BCUT2D eigenvalue weighted by atomic mass is 19.4. The second-order valence-corrected chi connectivity index (χ2v) is 4.37. The molecule has 6 heteroatoms. The number of alkyl halides is 3. The van der Waals surface area contributed by atoms with Gasteiger partial charge in [0, 0.05) is 12.6 Å². The van der Waals surface area contributed by atoms with Gasteiger partial charge in [-0.05, 0) is 30.7 Å². The zero-order valence-corrected chi connectivity index (χ0v) is 11.4. The molecule has 0 atom stereocenters. The van der Waals surface area contributed by atoms with Crippen molar-refractivity contribution in [1.29, 1.82) is 0 Å². The molecule has 1 N–H and O–H groups in total. The van der Waals surface area contributed by atoms with Crippen molar-refractivity contribution in [2.24, 2.45) is 0 Å². The van der Waals surface area contributed by atoms with Crippen LogP contribution in [0.15, 0.2) is 42.6 Å². The summed E-state index contributed by atoms with van der Waals surface area (Å²) in [5.41, 5.74) is 0.893. The van der Waals surface area contributed by atoms with Crippen molar-refractivity contribution in [3.8, 4) is 5.88 Å². The molecule has 0 bridgehead atoms. The maximum absolute atomic E-state index is 12.4. The van der Waals surface area contributed by atoms with Gasteiger partial charge in [-0.15, -0.1) is 0 Å². The minimum absolute atomic E-state index is 0.424. The predicted molar refractivity (Wildman–Crippen MR) is 74.2 cm³/mol. The van der Waals surface area contributed by atoms with E-state index in [0.717, 1.165) is 23.4 Å².